The molecule has 3 amide bonds. The summed E-state index contributed by atoms with van der Waals surface area (Å²) in [7, 11) is 0. The third kappa shape index (κ3) is 3.75. The third-order valence-corrected chi connectivity index (χ3v) is 6.09. The number of amides is 3. The predicted octanol–water partition coefficient (Wildman–Crippen LogP) is 2.64. The first-order chi connectivity index (χ1) is 13.5. The Kier molecular flexibility index (Phi) is 5.09. The van der Waals surface area contributed by atoms with E-state index in [1.165, 1.54) is 11.8 Å². The van der Waals surface area contributed by atoms with E-state index in [0.29, 0.717) is 48.7 Å². The van der Waals surface area contributed by atoms with Crippen molar-refractivity contribution in [2.75, 3.05) is 37.2 Å². The van der Waals surface area contributed by atoms with Crippen LogP contribution in [0.4, 0.5) is 5.69 Å². The van der Waals surface area contributed by atoms with Gasteiger partial charge in [-0.25, -0.2) is 0 Å². The molecule has 6 nitrogen and oxygen atoms in total. The minimum atomic E-state index is -0.0740. The zero-order valence-electron chi connectivity index (χ0n) is 15.6. The summed E-state index contributed by atoms with van der Waals surface area (Å²) in [5.74, 6) is 0.276. The molecule has 2 aliphatic rings. The van der Waals surface area contributed by atoms with E-state index in [1.54, 1.807) is 21.9 Å². The molecule has 2 heterocycles. The van der Waals surface area contributed by atoms with Crippen molar-refractivity contribution in [3.63, 3.8) is 0 Å². The van der Waals surface area contributed by atoms with Gasteiger partial charge in [-0.1, -0.05) is 17.7 Å². The summed E-state index contributed by atoms with van der Waals surface area (Å²) in [6, 6.07) is 13.0. The molecule has 1 N–H and O–H groups in total. The molecule has 1 fully saturated rings. The van der Waals surface area contributed by atoms with Gasteiger partial charge in [-0.15, -0.1) is 11.8 Å². The number of nitrogens with zero attached hydrogens (tertiary/aromatic N) is 2. The number of nitrogens with one attached hydrogen (secondary N) is 1. The van der Waals surface area contributed by atoms with Crippen molar-refractivity contribution < 1.29 is 14.4 Å². The first-order valence-corrected chi connectivity index (χ1v) is 10.2. The Morgan fingerprint density at radius 2 is 1.46 bits per heavy atom. The molecule has 0 radical (unpaired) electrons. The minimum Gasteiger partial charge on any atom is -0.335 e. The minimum absolute atomic E-state index is 0.000571. The van der Waals surface area contributed by atoms with Crippen LogP contribution in [0.15, 0.2) is 47.4 Å². The molecular weight excluding hydrogens is 374 g/mol. The lowest BCUT2D eigenvalue weighted by atomic mass is 10.1. The molecule has 0 aliphatic carbocycles. The number of hydrogen-bond acceptors (Lipinski definition) is 4. The largest absolute Gasteiger partial charge is 0.335 e. The maximum absolute atomic E-state index is 12.9. The first kappa shape index (κ1) is 18.6. The van der Waals surface area contributed by atoms with E-state index in [0.717, 1.165) is 10.5 Å². The number of hydrogen-bond donors (Lipinski definition) is 1. The van der Waals surface area contributed by atoms with Crippen molar-refractivity contribution in [3.05, 3.63) is 59.2 Å². The molecule has 0 spiro atoms. The van der Waals surface area contributed by atoms with Gasteiger partial charge in [-0.2, -0.15) is 0 Å². The molecular formula is C21H21N3O3S. The van der Waals surface area contributed by atoms with Gasteiger partial charge in [0.15, 0.2) is 0 Å². The molecule has 2 aliphatic heterocycles. The highest BCUT2D eigenvalue weighted by Gasteiger charge is 2.26. The maximum atomic E-state index is 12.9. The normalized spacial score (nSPS) is 16.4. The quantitative estimate of drug-likeness (QED) is 0.849. The SMILES string of the molecule is Cc1ccc(C(=O)N2CCN(C(=O)c3ccc4c(c3)NC(=O)CS4)CC2)cc1. The summed E-state index contributed by atoms with van der Waals surface area (Å²) in [5.41, 5.74) is 3.04. The number of rotatable bonds is 2. The van der Waals surface area contributed by atoms with Crippen molar-refractivity contribution in [1.29, 1.82) is 0 Å². The second-order valence-electron chi connectivity index (χ2n) is 7.00. The molecule has 144 valence electrons. The zero-order valence-corrected chi connectivity index (χ0v) is 16.4. The van der Waals surface area contributed by atoms with Gasteiger partial charge in [0.25, 0.3) is 11.8 Å². The average molecular weight is 395 g/mol. The van der Waals surface area contributed by atoms with Gasteiger partial charge in [-0.05, 0) is 37.3 Å². The Labute approximate surface area is 167 Å². The molecule has 28 heavy (non-hydrogen) atoms. The van der Waals surface area contributed by atoms with E-state index in [4.69, 9.17) is 0 Å². The molecule has 0 bridgehead atoms. The standard InChI is InChI=1S/C21H21N3O3S/c1-14-2-4-15(5-3-14)20(26)23-8-10-24(11-9-23)21(27)16-6-7-18-17(12-16)22-19(25)13-28-18/h2-7,12H,8-11,13H2,1H3,(H,22,25). The van der Waals surface area contributed by atoms with Crippen molar-refractivity contribution in [2.24, 2.45) is 0 Å². The van der Waals surface area contributed by atoms with E-state index in [2.05, 4.69) is 5.32 Å². The number of thioether (sulfide) groups is 1. The Morgan fingerprint density at radius 3 is 2.11 bits per heavy atom. The number of fused-ring (bicyclic) bond motifs is 1. The fraction of sp³-hybridized carbons (Fsp3) is 0.286. The summed E-state index contributed by atoms with van der Waals surface area (Å²) in [6.45, 7) is 4.00. The second kappa shape index (κ2) is 7.67. The van der Waals surface area contributed by atoms with Crippen molar-refractivity contribution in [1.82, 2.24) is 9.80 Å². The molecule has 0 atom stereocenters. The van der Waals surface area contributed by atoms with Crippen LogP contribution in [0, 0.1) is 6.92 Å². The highest BCUT2D eigenvalue weighted by Crippen LogP contribution is 2.32. The fourth-order valence-corrected chi connectivity index (χ4v) is 4.18. The van der Waals surface area contributed by atoms with E-state index in [9.17, 15) is 14.4 Å². The topological polar surface area (TPSA) is 69.7 Å². The fourth-order valence-electron chi connectivity index (χ4n) is 3.39. The summed E-state index contributed by atoms with van der Waals surface area (Å²) < 4.78 is 0. The number of anilines is 1. The third-order valence-electron chi connectivity index (χ3n) is 5.01. The van der Waals surface area contributed by atoms with Crippen LogP contribution in [0.1, 0.15) is 26.3 Å². The van der Waals surface area contributed by atoms with Crippen LogP contribution in [0.2, 0.25) is 0 Å². The Morgan fingerprint density at radius 1 is 0.893 bits per heavy atom. The number of benzene rings is 2. The molecule has 0 unspecified atom stereocenters. The highest BCUT2D eigenvalue weighted by molar-refractivity contribution is 8.00. The molecule has 2 aromatic rings. The monoisotopic (exact) mass is 395 g/mol. The summed E-state index contributed by atoms with van der Waals surface area (Å²) in [5, 5.41) is 2.82. The number of carbonyl (C=O) groups is 3. The average Bonchev–Trinajstić information content (AvgIpc) is 2.73. The van der Waals surface area contributed by atoms with E-state index in [-0.39, 0.29) is 17.7 Å². The van der Waals surface area contributed by atoms with Crippen LogP contribution in [0.5, 0.6) is 0 Å². The van der Waals surface area contributed by atoms with Gasteiger partial charge < -0.3 is 15.1 Å². The predicted molar refractivity (Wildman–Crippen MR) is 109 cm³/mol. The molecule has 2 aromatic carbocycles. The van der Waals surface area contributed by atoms with Crippen LogP contribution >= 0.6 is 11.8 Å². The van der Waals surface area contributed by atoms with E-state index >= 15 is 0 Å². The summed E-state index contributed by atoms with van der Waals surface area (Å²) in [6.07, 6.45) is 0. The lowest BCUT2D eigenvalue weighted by molar-refractivity contribution is -0.113. The lowest BCUT2D eigenvalue weighted by Crippen LogP contribution is -2.50. The van der Waals surface area contributed by atoms with Crippen LogP contribution in [-0.2, 0) is 4.79 Å². The summed E-state index contributed by atoms with van der Waals surface area (Å²) >= 11 is 1.47. The smallest absolute Gasteiger partial charge is 0.254 e. The lowest BCUT2D eigenvalue weighted by Gasteiger charge is -2.35. The first-order valence-electron chi connectivity index (χ1n) is 9.23. The van der Waals surface area contributed by atoms with Gasteiger partial charge in [0.05, 0.1) is 11.4 Å². The van der Waals surface area contributed by atoms with Gasteiger partial charge in [-0.3, -0.25) is 14.4 Å². The van der Waals surface area contributed by atoms with Gasteiger partial charge in [0, 0.05) is 42.2 Å². The number of aryl methyl sites for hydroxylation is 1. The van der Waals surface area contributed by atoms with Crippen LogP contribution in [-0.4, -0.2) is 59.5 Å². The van der Waals surface area contributed by atoms with Gasteiger partial charge in [0.1, 0.15) is 0 Å². The van der Waals surface area contributed by atoms with Crippen molar-refractivity contribution in [3.8, 4) is 0 Å². The number of piperazine rings is 1. The van der Waals surface area contributed by atoms with E-state index < -0.39 is 0 Å². The zero-order chi connectivity index (χ0) is 19.7. The molecule has 0 saturated carbocycles. The maximum Gasteiger partial charge on any atom is 0.254 e. The highest BCUT2D eigenvalue weighted by atomic mass is 32.2. The second-order valence-corrected chi connectivity index (χ2v) is 8.02. The molecule has 4 rings (SSSR count). The van der Waals surface area contributed by atoms with Crippen LogP contribution in [0.25, 0.3) is 0 Å². The molecule has 0 aromatic heterocycles. The van der Waals surface area contributed by atoms with Gasteiger partial charge >= 0.3 is 0 Å². The van der Waals surface area contributed by atoms with Crippen LogP contribution < -0.4 is 5.32 Å². The van der Waals surface area contributed by atoms with Gasteiger partial charge in [0.2, 0.25) is 5.91 Å². The Hall–Kier alpha value is -2.80. The Bertz CT molecular complexity index is 934. The van der Waals surface area contributed by atoms with Crippen molar-refractivity contribution in [2.45, 2.75) is 11.8 Å². The summed E-state index contributed by atoms with van der Waals surface area (Å²) in [4.78, 5) is 41.6. The molecule has 1 saturated heterocycles. The van der Waals surface area contributed by atoms with E-state index in [1.807, 2.05) is 37.3 Å². The molecule has 7 heteroatoms. The Balaban J connectivity index is 1.40. The van der Waals surface area contributed by atoms with Crippen molar-refractivity contribution >= 4 is 35.2 Å². The number of carbonyl (C=O) groups excluding carboxylic acids is 3. The van der Waals surface area contributed by atoms with Crippen LogP contribution in [0.3, 0.4) is 0 Å².